The Labute approximate surface area is 111 Å². The van der Waals surface area contributed by atoms with Gasteiger partial charge in [-0.2, -0.15) is 0 Å². The maximum absolute atomic E-state index is 5.75. The Morgan fingerprint density at radius 1 is 1.28 bits per heavy atom. The first-order chi connectivity index (χ1) is 8.67. The van der Waals surface area contributed by atoms with Crippen LogP contribution < -0.4 is 5.73 Å². The molecule has 0 saturated carbocycles. The average molecular weight is 261 g/mol. The molecule has 0 aliphatic carbocycles. The highest BCUT2D eigenvalue weighted by atomic mass is 32.2. The van der Waals surface area contributed by atoms with Crippen molar-refractivity contribution >= 4 is 17.6 Å². The predicted molar refractivity (Wildman–Crippen MR) is 72.5 cm³/mol. The second kappa shape index (κ2) is 5.84. The van der Waals surface area contributed by atoms with Crippen molar-refractivity contribution in [3.63, 3.8) is 0 Å². The molecule has 2 rings (SSSR count). The zero-order valence-corrected chi connectivity index (χ0v) is 11.2. The first-order valence-electron chi connectivity index (χ1n) is 5.54. The van der Waals surface area contributed by atoms with Crippen LogP contribution in [0.3, 0.4) is 0 Å². The Hall–Kier alpha value is -1.59. The summed E-state index contributed by atoms with van der Waals surface area (Å²) in [5.74, 6) is 1.07. The van der Waals surface area contributed by atoms with Crippen molar-refractivity contribution in [1.29, 1.82) is 0 Å². The fraction of sp³-hybridized carbons (Fsp3) is 0.231. The molecule has 0 atom stereocenters. The highest BCUT2D eigenvalue weighted by molar-refractivity contribution is 7.99. The van der Waals surface area contributed by atoms with Crippen molar-refractivity contribution in [2.24, 2.45) is 0 Å². The summed E-state index contributed by atoms with van der Waals surface area (Å²) in [5.41, 5.74) is 6.97. The van der Waals surface area contributed by atoms with Gasteiger partial charge in [-0.05, 0) is 19.1 Å². The van der Waals surface area contributed by atoms with Crippen LogP contribution in [0, 0.1) is 6.92 Å². The molecular weight excluding hydrogens is 246 g/mol. The number of hydrogen-bond donors (Lipinski definition) is 1. The van der Waals surface area contributed by atoms with E-state index in [4.69, 9.17) is 10.5 Å². The fourth-order valence-corrected chi connectivity index (χ4v) is 2.50. The van der Waals surface area contributed by atoms with Crippen LogP contribution in [0.25, 0.3) is 0 Å². The molecule has 0 aliphatic rings. The van der Waals surface area contributed by atoms with E-state index in [1.54, 1.807) is 24.9 Å². The third-order valence-electron chi connectivity index (χ3n) is 2.25. The number of hydrogen-bond acceptors (Lipinski definition) is 5. The van der Waals surface area contributed by atoms with Crippen LogP contribution in [0.15, 0.2) is 40.3 Å². The van der Waals surface area contributed by atoms with Gasteiger partial charge in [-0.25, -0.2) is 9.97 Å². The van der Waals surface area contributed by atoms with Crippen LogP contribution in [0.4, 0.5) is 5.82 Å². The van der Waals surface area contributed by atoms with Crippen LogP contribution in [0.2, 0.25) is 0 Å². The van der Waals surface area contributed by atoms with Crippen molar-refractivity contribution in [3.8, 4) is 0 Å². The smallest absolute Gasteiger partial charge is 0.157 e. The second-order valence-corrected chi connectivity index (χ2v) is 4.99. The Morgan fingerprint density at radius 3 is 2.83 bits per heavy atom. The summed E-state index contributed by atoms with van der Waals surface area (Å²) in [5, 5.41) is 0.833. The second-order valence-electron chi connectivity index (χ2n) is 3.90. The lowest BCUT2D eigenvalue weighted by Crippen LogP contribution is -2.01. The van der Waals surface area contributed by atoms with E-state index in [1.165, 1.54) is 5.56 Å². The van der Waals surface area contributed by atoms with E-state index in [9.17, 15) is 0 Å². The Balaban J connectivity index is 2.23. The Kier molecular flexibility index (Phi) is 4.17. The molecule has 0 saturated heterocycles. The molecule has 0 unspecified atom stereocenters. The molecule has 1 aromatic heterocycles. The molecule has 2 aromatic rings. The Morgan fingerprint density at radius 2 is 2.11 bits per heavy atom. The van der Waals surface area contributed by atoms with E-state index < -0.39 is 0 Å². The van der Waals surface area contributed by atoms with Crippen molar-refractivity contribution in [2.45, 2.75) is 23.5 Å². The lowest BCUT2D eigenvalue weighted by Gasteiger charge is -2.05. The highest BCUT2D eigenvalue weighted by Gasteiger charge is 2.04. The molecule has 4 nitrogen and oxygen atoms in total. The SMILES string of the molecule is COCc1nc(N)cc(Sc2cccc(C)c2)n1. The lowest BCUT2D eigenvalue weighted by atomic mass is 10.2. The maximum atomic E-state index is 5.75. The van der Waals surface area contributed by atoms with Crippen LogP contribution in [-0.4, -0.2) is 17.1 Å². The normalized spacial score (nSPS) is 10.6. The van der Waals surface area contributed by atoms with E-state index in [0.717, 1.165) is 9.92 Å². The topological polar surface area (TPSA) is 61.0 Å². The summed E-state index contributed by atoms with van der Waals surface area (Å²) in [6, 6.07) is 10.0. The van der Waals surface area contributed by atoms with Gasteiger partial charge in [0.15, 0.2) is 5.82 Å². The van der Waals surface area contributed by atoms with Gasteiger partial charge in [0.2, 0.25) is 0 Å². The number of anilines is 1. The lowest BCUT2D eigenvalue weighted by molar-refractivity contribution is 0.177. The number of nitrogens with zero attached hydrogens (tertiary/aromatic N) is 2. The quantitative estimate of drug-likeness (QED) is 0.857. The first kappa shape index (κ1) is 12.9. The van der Waals surface area contributed by atoms with Crippen LogP contribution in [-0.2, 0) is 11.3 Å². The van der Waals surface area contributed by atoms with Gasteiger partial charge in [0.1, 0.15) is 17.5 Å². The van der Waals surface area contributed by atoms with E-state index in [1.807, 2.05) is 12.1 Å². The van der Waals surface area contributed by atoms with Gasteiger partial charge in [0.05, 0.1) is 0 Å². The van der Waals surface area contributed by atoms with Gasteiger partial charge in [-0.3, -0.25) is 0 Å². The maximum Gasteiger partial charge on any atom is 0.157 e. The summed E-state index contributed by atoms with van der Waals surface area (Å²) in [7, 11) is 1.61. The number of nitrogens with two attached hydrogens (primary N) is 1. The van der Waals surface area contributed by atoms with Crippen molar-refractivity contribution in [2.75, 3.05) is 12.8 Å². The van der Waals surface area contributed by atoms with Crippen molar-refractivity contribution < 1.29 is 4.74 Å². The van der Waals surface area contributed by atoms with Crippen molar-refractivity contribution in [1.82, 2.24) is 9.97 Å². The average Bonchev–Trinajstić information content (AvgIpc) is 2.28. The third kappa shape index (κ3) is 3.45. The molecule has 0 spiro atoms. The molecule has 18 heavy (non-hydrogen) atoms. The molecule has 0 bridgehead atoms. The van der Waals surface area contributed by atoms with Crippen LogP contribution in [0.1, 0.15) is 11.4 Å². The number of methoxy groups -OCH3 is 1. The van der Waals surface area contributed by atoms with Crippen molar-refractivity contribution in [3.05, 3.63) is 41.7 Å². The van der Waals surface area contributed by atoms with E-state index >= 15 is 0 Å². The number of rotatable bonds is 4. The molecule has 0 amide bonds. The van der Waals surface area contributed by atoms with Crippen LogP contribution in [0.5, 0.6) is 0 Å². The largest absolute Gasteiger partial charge is 0.384 e. The molecule has 1 heterocycles. The number of ether oxygens (including phenoxy) is 1. The van der Waals surface area contributed by atoms with E-state index in [2.05, 4.69) is 29.0 Å². The molecule has 0 fully saturated rings. The Bertz CT molecular complexity index is 546. The first-order valence-corrected chi connectivity index (χ1v) is 6.36. The van der Waals surface area contributed by atoms with E-state index in [0.29, 0.717) is 18.2 Å². The molecule has 1 aromatic carbocycles. The summed E-state index contributed by atoms with van der Waals surface area (Å²) in [6.07, 6.45) is 0. The number of nitrogen functional groups attached to an aromatic ring is 1. The standard InChI is InChI=1S/C13H15N3OS/c1-9-4-3-5-10(6-9)18-13-7-11(14)15-12(16-13)8-17-2/h3-7H,8H2,1-2H3,(H2,14,15,16). The zero-order valence-electron chi connectivity index (χ0n) is 10.4. The minimum absolute atomic E-state index is 0.367. The molecule has 5 heteroatoms. The number of aryl methyl sites for hydroxylation is 1. The highest BCUT2D eigenvalue weighted by Crippen LogP contribution is 2.27. The minimum atomic E-state index is 0.367. The van der Waals surface area contributed by atoms with Gasteiger partial charge >= 0.3 is 0 Å². The summed E-state index contributed by atoms with van der Waals surface area (Å²) < 4.78 is 5.02. The van der Waals surface area contributed by atoms with E-state index in [-0.39, 0.29) is 0 Å². The molecule has 94 valence electrons. The minimum Gasteiger partial charge on any atom is -0.384 e. The monoisotopic (exact) mass is 261 g/mol. The third-order valence-corrected chi connectivity index (χ3v) is 3.16. The summed E-state index contributed by atoms with van der Waals surface area (Å²) >= 11 is 1.57. The predicted octanol–water partition coefficient (Wildman–Crippen LogP) is 2.66. The molecule has 2 N–H and O–H groups in total. The number of aromatic nitrogens is 2. The van der Waals surface area contributed by atoms with Gasteiger partial charge in [0.25, 0.3) is 0 Å². The van der Waals surface area contributed by atoms with Gasteiger partial charge < -0.3 is 10.5 Å². The molecule has 0 radical (unpaired) electrons. The van der Waals surface area contributed by atoms with Gasteiger partial charge in [-0.15, -0.1) is 0 Å². The molecule has 0 aliphatic heterocycles. The van der Waals surface area contributed by atoms with Crippen LogP contribution >= 0.6 is 11.8 Å². The fourth-order valence-electron chi connectivity index (χ4n) is 1.54. The summed E-state index contributed by atoms with van der Waals surface area (Å²) in [4.78, 5) is 9.64. The number of benzene rings is 1. The summed E-state index contributed by atoms with van der Waals surface area (Å²) in [6.45, 7) is 2.43. The molecular formula is C13H15N3OS. The van der Waals surface area contributed by atoms with Gasteiger partial charge in [-0.1, -0.05) is 29.5 Å². The zero-order chi connectivity index (χ0) is 13.0. The van der Waals surface area contributed by atoms with Gasteiger partial charge in [0, 0.05) is 18.1 Å².